The molecule has 3 rings (SSSR count). The number of amides is 1. The molecule has 3 aromatic rings. The zero-order valence-electron chi connectivity index (χ0n) is 15.5. The van der Waals surface area contributed by atoms with E-state index in [0.717, 1.165) is 10.2 Å². The van der Waals surface area contributed by atoms with Gasteiger partial charge in [0.2, 0.25) is 5.91 Å². The number of carbonyl (C=O) groups is 1. The Labute approximate surface area is 181 Å². The lowest BCUT2D eigenvalue weighted by molar-refractivity contribution is -0.141. The van der Waals surface area contributed by atoms with Crippen molar-refractivity contribution < 1.29 is 22.4 Å². The van der Waals surface area contributed by atoms with Crippen LogP contribution in [0.4, 0.5) is 23.4 Å². The van der Waals surface area contributed by atoms with E-state index < -0.39 is 22.8 Å². The smallest absolute Gasteiger partial charge is 0.308 e. The predicted octanol–water partition coefficient (Wildman–Crippen LogP) is 5.04. The monoisotopic (exact) mass is 507 g/mol. The molecule has 160 valence electrons. The van der Waals surface area contributed by atoms with Crippen LogP contribution in [0, 0.1) is 12.7 Å². The van der Waals surface area contributed by atoms with E-state index in [1.54, 1.807) is 23.0 Å². The van der Waals surface area contributed by atoms with Crippen molar-refractivity contribution in [2.45, 2.75) is 32.6 Å². The molecule has 0 saturated carbocycles. The molecule has 2 heterocycles. The van der Waals surface area contributed by atoms with Crippen LogP contribution in [-0.2, 0) is 24.1 Å². The summed E-state index contributed by atoms with van der Waals surface area (Å²) in [5, 5.41) is 9.81. The van der Waals surface area contributed by atoms with E-state index in [2.05, 4.69) is 31.4 Å². The molecular weight excluding hydrogens is 494 g/mol. The van der Waals surface area contributed by atoms with Gasteiger partial charge in [0.25, 0.3) is 0 Å². The highest BCUT2D eigenvalue weighted by Crippen LogP contribution is 2.35. The third-order valence-electron chi connectivity index (χ3n) is 4.19. The Kier molecular flexibility index (Phi) is 6.51. The highest BCUT2D eigenvalue weighted by Gasteiger charge is 2.38. The lowest BCUT2D eigenvalue weighted by Gasteiger charge is -2.05. The molecule has 6 nitrogen and oxygen atoms in total. The van der Waals surface area contributed by atoms with Crippen LogP contribution in [-0.4, -0.2) is 25.5 Å². The molecule has 12 heteroatoms. The van der Waals surface area contributed by atoms with Gasteiger partial charge in [0.1, 0.15) is 5.82 Å². The van der Waals surface area contributed by atoms with Gasteiger partial charge in [-0.15, -0.1) is 0 Å². The lowest BCUT2D eigenvalue weighted by Crippen LogP contribution is -2.17. The molecule has 0 unspecified atom stereocenters. The van der Waals surface area contributed by atoms with Crippen molar-refractivity contribution in [3.05, 3.63) is 62.7 Å². The largest absolute Gasteiger partial charge is 0.436 e. The van der Waals surface area contributed by atoms with Gasteiger partial charge < -0.3 is 5.32 Å². The third kappa shape index (κ3) is 5.20. The summed E-state index contributed by atoms with van der Waals surface area (Å²) in [7, 11) is 0. The quantitative estimate of drug-likeness (QED) is 0.475. The maximum atomic E-state index is 13.0. The first-order valence-electron chi connectivity index (χ1n) is 8.62. The van der Waals surface area contributed by atoms with Crippen LogP contribution in [0.5, 0.6) is 0 Å². The summed E-state index contributed by atoms with van der Waals surface area (Å²) in [5.74, 6) is -0.542. The van der Waals surface area contributed by atoms with E-state index >= 15 is 0 Å². The van der Waals surface area contributed by atoms with Gasteiger partial charge in [0.15, 0.2) is 11.5 Å². The minimum atomic E-state index is -4.67. The van der Waals surface area contributed by atoms with Crippen LogP contribution < -0.4 is 5.32 Å². The molecule has 1 N–H and O–H groups in total. The number of alkyl halides is 3. The molecule has 0 atom stereocenters. The van der Waals surface area contributed by atoms with Crippen molar-refractivity contribution in [1.29, 1.82) is 0 Å². The van der Waals surface area contributed by atoms with Crippen molar-refractivity contribution in [2.75, 3.05) is 5.32 Å². The van der Waals surface area contributed by atoms with Crippen molar-refractivity contribution >= 4 is 39.3 Å². The molecule has 0 fully saturated rings. The van der Waals surface area contributed by atoms with Crippen molar-refractivity contribution in [3.63, 3.8) is 0 Å². The molecule has 0 aliphatic carbocycles. The fourth-order valence-corrected chi connectivity index (χ4v) is 3.32. The second-order valence-electron chi connectivity index (χ2n) is 6.42. The highest BCUT2D eigenvalue weighted by molar-refractivity contribution is 9.10. The normalized spacial score (nSPS) is 11.7. The average Bonchev–Trinajstić information content (AvgIpc) is 3.15. The number of aryl methyl sites for hydroxylation is 1. The number of hydrogen-bond acceptors (Lipinski definition) is 3. The van der Waals surface area contributed by atoms with Crippen LogP contribution >= 0.6 is 27.5 Å². The summed E-state index contributed by atoms with van der Waals surface area (Å²) in [6, 6.07) is 5.92. The SMILES string of the molecule is Cc1c(Cl)c(C(F)(F)F)nn1CCC(=O)Nc1nn(Cc2ccc(F)cc2)cc1Br. The maximum Gasteiger partial charge on any atom is 0.436 e. The van der Waals surface area contributed by atoms with Crippen LogP contribution in [0.2, 0.25) is 5.02 Å². The fraction of sp³-hybridized carbons (Fsp3) is 0.278. The number of carbonyl (C=O) groups excluding carboxylic acids is 1. The number of nitrogens with zero attached hydrogens (tertiary/aromatic N) is 4. The molecule has 1 amide bonds. The highest BCUT2D eigenvalue weighted by atomic mass is 79.9. The first-order chi connectivity index (χ1) is 14.0. The minimum absolute atomic E-state index is 0.0820. The molecule has 30 heavy (non-hydrogen) atoms. The molecule has 0 bridgehead atoms. The summed E-state index contributed by atoms with van der Waals surface area (Å²) in [5.41, 5.74) is -0.235. The van der Waals surface area contributed by atoms with E-state index in [1.807, 2.05) is 0 Å². The number of hydrogen-bond donors (Lipinski definition) is 1. The average molecular weight is 509 g/mol. The summed E-state index contributed by atoms with van der Waals surface area (Å²) in [6.07, 6.45) is -3.16. The predicted molar refractivity (Wildman–Crippen MR) is 106 cm³/mol. The number of anilines is 1. The van der Waals surface area contributed by atoms with Crippen molar-refractivity contribution in [3.8, 4) is 0 Å². The topological polar surface area (TPSA) is 64.7 Å². The van der Waals surface area contributed by atoms with E-state index in [4.69, 9.17) is 11.6 Å². The molecular formula is C18H15BrClF4N5O. The van der Waals surface area contributed by atoms with Crippen LogP contribution in [0.25, 0.3) is 0 Å². The summed E-state index contributed by atoms with van der Waals surface area (Å²) in [4.78, 5) is 12.2. The van der Waals surface area contributed by atoms with Crippen LogP contribution in [0.3, 0.4) is 0 Å². The molecule has 0 radical (unpaired) electrons. The number of halogens is 6. The van der Waals surface area contributed by atoms with Gasteiger partial charge in [0.05, 0.1) is 28.3 Å². The molecule has 2 aromatic heterocycles. The standard InChI is InChI=1S/C18H15BrClF4N5O/c1-10-15(20)16(18(22,23)24)26-29(10)7-6-14(30)25-17-13(19)9-28(27-17)8-11-2-4-12(21)5-3-11/h2-5,9H,6-8H2,1H3,(H,25,27,30). The van der Waals surface area contributed by atoms with Crippen molar-refractivity contribution in [1.82, 2.24) is 19.6 Å². The Morgan fingerprint density at radius 1 is 1.23 bits per heavy atom. The fourth-order valence-electron chi connectivity index (χ4n) is 2.66. The molecule has 0 saturated heterocycles. The zero-order valence-corrected chi connectivity index (χ0v) is 17.8. The number of rotatable bonds is 6. The Hall–Kier alpha value is -2.40. The molecule has 0 spiro atoms. The van der Waals surface area contributed by atoms with Gasteiger partial charge >= 0.3 is 6.18 Å². The van der Waals surface area contributed by atoms with E-state index in [9.17, 15) is 22.4 Å². The second-order valence-corrected chi connectivity index (χ2v) is 7.65. The van der Waals surface area contributed by atoms with Gasteiger partial charge in [-0.05, 0) is 40.5 Å². The Bertz CT molecular complexity index is 1060. The van der Waals surface area contributed by atoms with Gasteiger partial charge in [-0.25, -0.2) is 4.39 Å². The van der Waals surface area contributed by atoms with E-state index in [1.165, 1.54) is 19.1 Å². The number of aromatic nitrogens is 4. The van der Waals surface area contributed by atoms with Gasteiger partial charge in [0, 0.05) is 12.6 Å². The Morgan fingerprint density at radius 2 is 1.90 bits per heavy atom. The summed E-state index contributed by atoms with van der Waals surface area (Å²) < 4.78 is 54.8. The van der Waals surface area contributed by atoms with Crippen LogP contribution in [0.1, 0.15) is 23.4 Å². The van der Waals surface area contributed by atoms with Gasteiger partial charge in [-0.2, -0.15) is 23.4 Å². The van der Waals surface area contributed by atoms with E-state index in [-0.39, 0.29) is 30.3 Å². The Balaban J connectivity index is 1.62. The summed E-state index contributed by atoms with van der Waals surface area (Å²) >= 11 is 8.99. The first kappa shape index (κ1) is 22.3. The number of nitrogens with one attached hydrogen (secondary N) is 1. The van der Waals surface area contributed by atoms with Crippen LogP contribution in [0.15, 0.2) is 34.9 Å². The third-order valence-corrected chi connectivity index (χ3v) is 5.22. The minimum Gasteiger partial charge on any atom is -0.308 e. The van der Waals surface area contributed by atoms with Gasteiger partial charge in [-0.1, -0.05) is 23.7 Å². The maximum absolute atomic E-state index is 13.0. The van der Waals surface area contributed by atoms with E-state index in [0.29, 0.717) is 11.0 Å². The van der Waals surface area contributed by atoms with Gasteiger partial charge in [-0.3, -0.25) is 14.2 Å². The number of benzene rings is 1. The summed E-state index contributed by atoms with van der Waals surface area (Å²) in [6.45, 7) is 1.68. The lowest BCUT2D eigenvalue weighted by atomic mass is 10.2. The first-order valence-corrected chi connectivity index (χ1v) is 9.79. The molecule has 0 aliphatic heterocycles. The zero-order chi connectivity index (χ0) is 22.1. The molecule has 0 aliphatic rings. The molecule has 1 aromatic carbocycles. The van der Waals surface area contributed by atoms with Crippen molar-refractivity contribution in [2.24, 2.45) is 0 Å². The second kappa shape index (κ2) is 8.76. The Morgan fingerprint density at radius 3 is 2.50 bits per heavy atom.